The molecular formula is C20H26N4O4S. The number of carbonyl (C=O) groups is 1. The molecule has 1 saturated heterocycles. The van der Waals surface area contributed by atoms with E-state index in [1.165, 1.54) is 13.2 Å². The number of ether oxygens (including phenoxy) is 1. The Hall–Kier alpha value is -2.46. The molecule has 1 fully saturated rings. The molecule has 0 aliphatic carbocycles. The Bertz CT molecular complexity index is 939. The summed E-state index contributed by atoms with van der Waals surface area (Å²) in [5, 5.41) is 1.91. The molecular weight excluding hydrogens is 392 g/mol. The van der Waals surface area contributed by atoms with Crippen LogP contribution in [0.25, 0.3) is 0 Å². The van der Waals surface area contributed by atoms with Crippen LogP contribution in [-0.4, -0.2) is 64.6 Å². The maximum atomic E-state index is 12.5. The van der Waals surface area contributed by atoms with Gasteiger partial charge in [0.1, 0.15) is 10.6 Å². The van der Waals surface area contributed by atoms with Gasteiger partial charge in [-0.05, 0) is 36.9 Å². The number of para-hydroxylation sites is 1. The summed E-state index contributed by atoms with van der Waals surface area (Å²) in [5.41, 5.74) is 4.19. The van der Waals surface area contributed by atoms with Crippen LogP contribution in [0.5, 0.6) is 5.75 Å². The zero-order chi connectivity index (χ0) is 20.9. The first-order valence-electron chi connectivity index (χ1n) is 9.35. The lowest BCUT2D eigenvalue weighted by atomic mass is 10.1. The Kier molecular flexibility index (Phi) is 6.86. The topological polar surface area (TPSA) is 91.0 Å². The molecule has 156 valence electrons. The second-order valence-electron chi connectivity index (χ2n) is 6.90. The van der Waals surface area contributed by atoms with Gasteiger partial charge in [-0.15, -0.1) is 0 Å². The van der Waals surface area contributed by atoms with Crippen molar-refractivity contribution in [1.82, 2.24) is 20.1 Å². The van der Waals surface area contributed by atoms with Crippen LogP contribution in [0.2, 0.25) is 0 Å². The zero-order valence-electron chi connectivity index (χ0n) is 16.6. The molecule has 0 unspecified atom stereocenters. The fourth-order valence-corrected chi connectivity index (χ4v) is 4.18. The van der Waals surface area contributed by atoms with Crippen LogP contribution in [0, 0.1) is 0 Å². The Morgan fingerprint density at radius 3 is 2.34 bits per heavy atom. The second kappa shape index (κ2) is 9.36. The van der Waals surface area contributed by atoms with E-state index in [9.17, 15) is 13.2 Å². The van der Waals surface area contributed by atoms with Crippen molar-refractivity contribution in [2.45, 2.75) is 11.4 Å². The van der Waals surface area contributed by atoms with Crippen molar-refractivity contribution >= 4 is 15.9 Å². The maximum Gasteiger partial charge on any atom is 0.265 e. The molecule has 2 aromatic rings. The molecule has 1 heterocycles. The fraction of sp³-hybridized carbons (Fsp3) is 0.350. The summed E-state index contributed by atoms with van der Waals surface area (Å²) in [6.45, 7) is 3.49. The number of benzene rings is 2. The molecule has 3 rings (SSSR count). The lowest BCUT2D eigenvalue weighted by Crippen LogP contribution is -2.52. The van der Waals surface area contributed by atoms with Crippen LogP contribution in [0.4, 0.5) is 0 Å². The predicted molar refractivity (Wildman–Crippen MR) is 110 cm³/mol. The number of sulfonamides is 1. The number of hydrazine groups is 1. The minimum atomic E-state index is -3.72. The predicted octanol–water partition coefficient (Wildman–Crippen LogP) is 1.07. The summed E-state index contributed by atoms with van der Waals surface area (Å²) in [6.07, 6.45) is 0. The van der Waals surface area contributed by atoms with Gasteiger partial charge in [0.05, 0.1) is 7.11 Å². The number of carbonyl (C=O) groups excluding carboxylic acids is 1. The number of nitrogens with one attached hydrogen (secondary N) is 2. The first-order valence-corrected chi connectivity index (χ1v) is 10.8. The molecule has 0 radical (unpaired) electrons. The summed E-state index contributed by atoms with van der Waals surface area (Å²) in [5.74, 6) is 0.117. The molecule has 0 saturated carbocycles. The van der Waals surface area contributed by atoms with Crippen molar-refractivity contribution in [3.63, 3.8) is 0 Å². The van der Waals surface area contributed by atoms with Crippen LogP contribution in [-0.2, 0) is 16.6 Å². The number of amides is 1. The molecule has 29 heavy (non-hydrogen) atoms. The quantitative estimate of drug-likeness (QED) is 0.699. The number of piperazine rings is 1. The minimum Gasteiger partial charge on any atom is -0.495 e. The van der Waals surface area contributed by atoms with E-state index < -0.39 is 10.0 Å². The standard InChI is InChI=1S/C20H26N4O4S/c1-23-11-13-24(14-12-23)22-20(25)17-9-7-16(8-10-17)15-21-29(26,27)19-6-4-3-5-18(19)28-2/h3-10,21H,11-15H2,1-2H3,(H,22,25). The third kappa shape index (κ3) is 5.54. The highest BCUT2D eigenvalue weighted by Crippen LogP contribution is 2.22. The lowest BCUT2D eigenvalue weighted by Gasteiger charge is -2.32. The van der Waals surface area contributed by atoms with E-state index in [2.05, 4.69) is 22.1 Å². The van der Waals surface area contributed by atoms with Crippen LogP contribution in [0.15, 0.2) is 53.4 Å². The Labute approximate surface area is 171 Å². The van der Waals surface area contributed by atoms with Gasteiger partial charge in [-0.3, -0.25) is 10.2 Å². The molecule has 9 heteroatoms. The summed E-state index contributed by atoms with van der Waals surface area (Å²) < 4.78 is 32.8. The highest BCUT2D eigenvalue weighted by Gasteiger charge is 2.19. The van der Waals surface area contributed by atoms with Crippen molar-refractivity contribution in [2.75, 3.05) is 40.3 Å². The van der Waals surface area contributed by atoms with Crippen molar-refractivity contribution in [1.29, 1.82) is 0 Å². The van der Waals surface area contributed by atoms with Gasteiger partial charge in [-0.1, -0.05) is 24.3 Å². The van der Waals surface area contributed by atoms with E-state index in [0.29, 0.717) is 5.56 Å². The van der Waals surface area contributed by atoms with Crippen LogP contribution >= 0.6 is 0 Å². The molecule has 1 aliphatic rings. The Balaban J connectivity index is 1.58. The number of methoxy groups -OCH3 is 1. The summed E-state index contributed by atoms with van der Waals surface area (Å²) in [7, 11) is -0.230. The molecule has 1 aliphatic heterocycles. The fourth-order valence-electron chi connectivity index (χ4n) is 3.00. The zero-order valence-corrected chi connectivity index (χ0v) is 17.4. The Morgan fingerprint density at radius 2 is 1.69 bits per heavy atom. The highest BCUT2D eigenvalue weighted by atomic mass is 32.2. The first kappa shape index (κ1) is 21.3. The van der Waals surface area contributed by atoms with Crippen molar-refractivity contribution < 1.29 is 17.9 Å². The maximum absolute atomic E-state index is 12.5. The van der Waals surface area contributed by atoms with Gasteiger partial charge in [-0.25, -0.2) is 18.1 Å². The largest absolute Gasteiger partial charge is 0.495 e. The lowest BCUT2D eigenvalue weighted by molar-refractivity contribution is 0.0662. The van der Waals surface area contributed by atoms with Gasteiger partial charge < -0.3 is 9.64 Å². The van der Waals surface area contributed by atoms with Crippen molar-refractivity contribution in [3.8, 4) is 5.75 Å². The van der Waals surface area contributed by atoms with Gasteiger partial charge in [0, 0.05) is 38.3 Å². The van der Waals surface area contributed by atoms with E-state index in [1.807, 2.05) is 5.01 Å². The SMILES string of the molecule is COc1ccccc1S(=O)(=O)NCc1ccc(C(=O)NN2CCN(C)CC2)cc1. The number of nitrogens with zero attached hydrogens (tertiary/aromatic N) is 2. The van der Waals surface area contributed by atoms with Crippen LogP contribution in [0.3, 0.4) is 0 Å². The van der Waals surface area contributed by atoms with E-state index in [-0.39, 0.29) is 23.1 Å². The molecule has 1 amide bonds. The molecule has 0 aromatic heterocycles. The van der Waals surface area contributed by atoms with Crippen molar-refractivity contribution in [3.05, 3.63) is 59.7 Å². The average Bonchev–Trinajstić information content (AvgIpc) is 2.74. The molecule has 0 atom stereocenters. The summed E-state index contributed by atoms with van der Waals surface area (Å²) in [4.78, 5) is 14.7. The van der Waals surface area contributed by atoms with Gasteiger partial charge in [0.15, 0.2) is 0 Å². The summed E-state index contributed by atoms with van der Waals surface area (Å²) >= 11 is 0. The van der Waals surface area contributed by atoms with E-state index in [4.69, 9.17) is 4.74 Å². The second-order valence-corrected chi connectivity index (χ2v) is 8.64. The average molecular weight is 419 g/mol. The monoisotopic (exact) mass is 418 g/mol. The third-order valence-electron chi connectivity index (χ3n) is 4.80. The molecule has 2 aromatic carbocycles. The first-order chi connectivity index (χ1) is 13.9. The van der Waals surface area contributed by atoms with Gasteiger partial charge in [-0.2, -0.15) is 0 Å². The van der Waals surface area contributed by atoms with Crippen LogP contribution in [0.1, 0.15) is 15.9 Å². The van der Waals surface area contributed by atoms with E-state index in [1.54, 1.807) is 42.5 Å². The Morgan fingerprint density at radius 1 is 1.03 bits per heavy atom. The number of hydrogen-bond donors (Lipinski definition) is 2. The molecule has 2 N–H and O–H groups in total. The van der Waals surface area contributed by atoms with E-state index >= 15 is 0 Å². The molecule has 0 bridgehead atoms. The van der Waals surface area contributed by atoms with Crippen LogP contribution < -0.4 is 14.9 Å². The number of hydrogen-bond acceptors (Lipinski definition) is 6. The smallest absolute Gasteiger partial charge is 0.265 e. The molecule has 8 nitrogen and oxygen atoms in total. The highest BCUT2D eigenvalue weighted by molar-refractivity contribution is 7.89. The van der Waals surface area contributed by atoms with E-state index in [0.717, 1.165) is 31.7 Å². The summed E-state index contributed by atoms with van der Waals surface area (Å²) in [6, 6.07) is 13.3. The third-order valence-corrected chi connectivity index (χ3v) is 6.24. The van der Waals surface area contributed by atoms with Gasteiger partial charge in [0.2, 0.25) is 10.0 Å². The molecule has 0 spiro atoms. The number of likely N-dealkylation sites (N-methyl/N-ethyl adjacent to an activating group) is 1. The number of rotatable bonds is 7. The normalized spacial score (nSPS) is 15.8. The minimum absolute atomic E-state index is 0.0886. The van der Waals surface area contributed by atoms with Gasteiger partial charge >= 0.3 is 0 Å². The van der Waals surface area contributed by atoms with Gasteiger partial charge in [0.25, 0.3) is 5.91 Å². The van der Waals surface area contributed by atoms with Crippen molar-refractivity contribution in [2.24, 2.45) is 0 Å².